The zero-order valence-electron chi connectivity index (χ0n) is 12.1. The highest BCUT2D eigenvalue weighted by Crippen LogP contribution is 2.28. The van der Waals surface area contributed by atoms with Gasteiger partial charge in [0.1, 0.15) is 11.5 Å². The fraction of sp³-hybridized carbons (Fsp3) is 0.643. The molecular formula is C14H21BrN2O3. The molecule has 1 amide bonds. The summed E-state index contributed by atoms with van der Waals surface area (Å²) in [6, 6.07) is 0. The Balaban J connectivity index is 2.02. The normalized spacial score (nSPS) is 18.4. The van der Waals surface area contributed by atoms with Gasteiger partial charge in [-0.05, 0) is 36.7 Å². The first-order valence-electron chi connectivity index (χ1n) is 6.85. The first-order valence-corrected chi connectivity index (χ1v) is 7.64. The van der Waals surface area contributed by atoms with E-state index >= 15 is 0 Å². The molecule has 0 spiro atoms. The van der Waals surface area contributed by atoms with Gasteiger partial charge in [0.25, 0.3) is 5.91 Å². The Bertz CT molecular complexity index is 491. The van der Waals surface area contributed by atoms with E-state index in [0.717, 1.165) is 23.3 Å². The quantitative estimate of drug-likeness (QED) is 0.908. The topological polar surface area (TPSA) is 56.9 Å². The molecule has 112 valence electrons. The zero-order chi connectivity index (χ0) is 14.9. The van der Waals surface area contributed by atoms with E-state index in [-0.39, 0.29) is 12.0 Å². The van der Waals surface area contributed by atoms with Crippen molar-refractivity contribution >= 4 is 21.8 Å². The van der Waals surface area contributed by atoms with E-state index in [1.807, 2.05) is 18.7 Å². The Morgan fingerprint density at radius 3 is 2.35 bits per heavy atom. The summed E-state index contributed by atoms with van der Waals surface area (Å²) in [6.45, 7) is 9.06. The average Bonchev–Trinajstić information content (AvgIpc) is 2.63. The average molecular weight is 345 g/mol. The number of aryl methyl sites for hydroxylation is 2. The molecule has 2 rings (SSSR count). The standard InChI is InChI=1S/C14H21BrN2O3/c1-9(18)8-16-4-6-17(7-5-16)14(19)12-10(2)20-11(3)13(12)15/h9,18H,4-8H2,1-3H3. The second kappa shape index (κ2) is 6.28. The number of halogens is 1. The van der Waals surface area contributed by atoms with Crippen molar-refractivity contribution < 1.29 is 14.3 Å². The van der Waals surface area contributed by atoms with Gasteiger partial charge < -0.3 is 14.4 Å². The molecule has 1 N–H and O–H groups in total. The van der Waals surface area contributed by atoms with Gasteiger partial charge in [0, 0.05) is 32.7 Å². The number of rotatable bonds is 3. The van der Waals surface area contributed by atoms with Crippen LogP contribution in [0.25, 0.3) is 0 Å². The highest BCUT2D eigenvalue weighted by molar-refractivity contribution is 9.10. The highest BCUT2D eigenvalue weighted by atomic mass is 79.9. The van der Waals surface area contributed by atoms with Gasteiger partial charge >= 0.3 is 0 Å². The lowest BCUT2D eigenvalue weighted by atomic mass is 10.2. The van der Waals surface area contributed by atoms with Crippen molar-refractivity contribution in [3.05, 3.63) is 21.6 Å². The number of hydrogen-bond acceptors (Lipinski definition) is 4. The summed E-state index contributed by atoms with van der Waals surface area (Å²) in [5.74, 6) is 1.41. The molecule has 1 saturated heterocycles. The number of hydrogen-bond donors (Lipinski definition) is 1. The lowest BCUT2D eigenvalue weighted by molar-refractivity contribution is 0.0552. The van der Waals surface area contributed by atoms with Gasteiger partial charge in [-0.2, -0.15) is 0 Å². The summed E-state index contributed by atoms with van der Waals surface area (Å²) in [5, 5.41) is 9.39. The van der Waals surface area contributed by atoms with E-state index in [1.165, 1.54) is 0 Å². The minimum absolute atomic E-state index is 0.0166. The van der Waals surface area contributed by atoms with Crippen LogP contribution in [0.1, 0.15) is 28.8 Å². The first-order chi connectivity index (χ1) is 9.40. The van der Waals surface area contributed by atoms with Gasteiger partial charge in [0.05, 0.1) is 16.1 Å². The maximum absolute atomic E-state index is 12.6. The second-order valence-electron chi connectivity index (χ2n) is 5.35. The molecule has 0 radical (unpaired) electrons. The maximum Gasteiger partial charge on any atom is 0.258 e. The van der Waals surface area contributed by atoms with Crippen molar-refractivity contribution in [2.75, 3.05) is 32.7 Å². The maximum atomic E-state index is 12.6. The predicted octanol–water partition coefficient (Wildman–Crippen LogP) is 1.80. The van der Waals surface area contributed by atoms with E-state index < -0.39 is 0 Å². The molecule has 1 aromatic rings. The van der Waals surface area contributed by atoms with Gasteiger partial charge in [0.15, 0.2) is 0 Å². The number of aliphatic hydroxyl groups excluding tert-OH is 1. The Morgan fingerprint density at radius 1 is 1.30 bits per heavy atom. The van der Waals surface area contributed by atoms with Crippen LogP contribution in [0.3, 0.4) is 0 Å². The van der Waals surface area contributed by atoms with Crippen LogP contribution < -0.4 is 0 Å². The summed E-state index contributed by atoms with van der Waals surface area (Å²) in [6.07, 6.45) is -0.329. The molecule has 2 heterocycles. The van der Waals surface area contributed by atoms with Crippen LogP contribution in [-0.4, -0.2) is 59.6 Å². The lowest BCUT2D eigenvalue weighted by Crippen LogP contribution is -2.50. The third kappa shape index (κ3) is 3.24. The molecule has 1 unspecified atom stereocenters. The molecule has 0 saturated carbocycles. The van der Waals surface area contributed by atoms with Crippen molar-refractivity contribution in [2.45, 2.75) is 26.9 Å². The van der Waals surface area contributed by atoms with Crippen LogP contribution in [0.5, 0.6) is 0 Å². The minimum Gasteiger partial charge on any atom is -0.465 e. The fourth-order valence-corrected chi connectivity index (χ4v) is 3.10. The van der Waals surface area contributed by atoms with E-state index in [9.17, 15) is 9.90 Å². The minimum atomic E-state index is -0.329. The third-order valence-electron chi connectivity index (χ3n) is 3.58. The highest BCUT2D eigenvalue weighted by Gasteiger charge is 2.27. The first kappa shape index (κ1) is 15.5. The van der Waals surface area contributed by atoms with Crippen LogP contribution in [0.15, 0.2) is 8.89 Å². The SMILES string of the molecule is Cc1oc(C)c(C(=O)N2CCN(CC(C)O)CC2)c1Br. The van der Waals surface area contributed by atoms with Crippen LogP contribution >= 0.6 is 15.9 Å². The van der Waals surface area contributed by atoms with Crippen LogP contribution in [-0.2, 0) is 0 Å². The molecule has 1 aliphatic heterocycles. The summed E-state index contributed by atoms with van der Waals surface area (Å²) in [7, 11) is 0. The molecule has 20 heavy (non-hydrogen) atoms. The van der Waals surface area contributed by atoms with Crippen LogP contribution in [0.4, 0.5) is 0 Å². The number of carbonyl (C=O) groups excluding carboxylic acids is 1. The summed E-state index contributed by atoms with van der Waals surface area (Å²) in [4.78, 5) is 16.6. The molecule has 6 heteroatoms. The molecular weight excluding hydrogens is 324 g/mol. The number of furan rings is 1. The Labute approximate surface area is 127 Å². The number of β-amino-alcohol motifs (C(OH)–C–C–N with tert-alkyl or cyclic N) is 1. The molecule has 0 aliphatic carbocycles. The van der Waals surface area contributed by atoms with E-state index in [4.69, 9.17) is 4.42 Å². The number of amides is 1. The smallest absolute Gasteiger partial charge is 0.258 e. The molecule has 1 aliphatic rings. The Kier molecular flexibility index (Phi) is 4.88. The second-order valence-corrected chi connectivity index (χ2v) is 6.14. The largest absolute Gasteiger partial charge is 0.465 e. The lowest BCUT2D eigenvalue weighted by Gasteiger charge is -2.35. The monoisotopic (exact) mass is 344 g/mol. The summed E-state index contributed by atoms with van der Waals surface area (Å²) in [5.41, 5.74) is 0.631. The Hall–Kier alpha value is -0.850. The molecule has 0 bridgehead atoms. The fourth-order valence-electron chi connectivity index (χ4n) is 2.57. The summed E-state index contributed by atoms with van der Waals surface area (Å²) < 4.78 is 6.25. The third-order valence-corrected chi connectivity index (χ3v) is 4.54. The van der Waals surface area contributed by atoms with Gasteiger partial charge in [-0.3, -0.25) is 9.69 Å². The molecule has 5 nitrogen and oxygen atoms in total. The number of carbonyl (C=O) groups is 1. The van der Waals surface area contributed by atoms with Gasteiger partial charge in [-0.15, -0.1) is 0 Å². The van der Waals surface area contributed by atoms with Gasteiger partial charge in [-0.25, -0.2) is 0 Å². The molecule has 1 atom stereocenters. The zero-order valence-corrected chi connectivity index (χ0v) is 13.7. The van der Waals surface area contributed by atoms with Crippen LogP contribution in [0.2, 0.25) is 0 Å². The van der Waals surface area contributed by atoms with E-state index in [0.29, 0.717) is 31.0 Å². The predicted molar refractivity (Wildman–Crippen MR) is 79.9 cm³/mol. The van der Waals surface area contributed by atoms with Crippen LogP contribution in [0, 0.1) is 13.8 Å². The Morgan fingerprint density at radius 2 is 1.90 bits per heavy atom. The number of nitrogens with zero attached hydrogens (tertiary/aromatic N) is 2. The number of aliphatic hydroxyl groups is 1. The van der Waals surface area contributed by atoms with Crippen molar-refractivity contribution in [2.24, 2.45) is 0 Å². The summed E-state index contributed by atoms with van der Waals surface area (Å²) >= 11 is 3.43. The van der Waals surface area contributed by atoms with Crippen molar-refractivity contribution in [3.63, 3.8) is 0 Å². The molecule has 1 aromatic heterocycles. The van der Waals surface area contributed by atoms with Crippen molar-refractivity contribution in [1.29, 1.82) is 0 Å². The number of piperazine rings is 1. The van der Waals surface area contributed by atoms with Crippen molar-refractivity contribution in [1.82, 2.24) is 9.80 Å². The molecule has 0 aromatic carbocycles. The molecule has 1 fully saturated rings. The van der Waals surface area contributed by atoms with E-state index in [1.54, 1.807) is 6.92 Å². The van der Waals surface area contributed by atoms with Crippen molar-refractivity contribution in [3.8, 4) is 0 Å². The van der Waals surface area contributed by atoms with Gasteiger partial charge in [-0.1, -0.05) is 0 Å². The van der Waals surface area contributed by atoms with Gasteiger partial charge in [0.2, 0.25) is 0 Å². The van der Waals surface area contributed by atoms with E-state index in [2.05, 4.69) is 20.8 Å².